The van der Waals surface area contributed by atoms with Crippen LogP contribution in [-0.2, 0) is 35.0 Å². The number of alkyl carbamates (subject to hydrolysis) is 2. The van der Waals surface area contributed by atoms with Crippen molar-refractivity contribution in [3.8, 4) is 0 Å². The number of ether oxygens (including phenoxy) is 4. The molecule has 1 aromatic heterocycles. The normalized spacial score (nSPS) is 12.6. The fraction of sp³-hybridized carbons (Fsp3) is 0.636. The molecule has 0 aliphatic heterocycles. The highest BCUT2D eigenvalue weighted by molar-refractivity contribution is 14.1. The number of esters is 2. The number of hydrogen-bond acceptors (Lipinski definition) is 10. The highest BCUT2D eigenvalue weighted by Gasteiger charge is 2.26. The van der Waals surface area contributed by atoms with Gasteiger partial charge in [0.1, 0.15) is 29.6 Å². The monoisotopic (exact) mass is 610 g/mol. The lowest BCUT2D eigenvalue weighted by Crippen LogP contribution is -2.45. The Morgan fingerprint density at radius 2 is 1.23 bits per heavy atom. The molecule has 1 aromatic rings. The summed E-state index contributed by atoms with van der Waals surface area (Å²) in [5.74, 6) is -1.03. The second-order valence-corrected chi connectivity index (χ2v) is 9.93. The number of alkyl halides is 1. The Balaban J connectivity index is 0.000000691. The van der Waals surface area contributed by atoms with Gasteiger partial charge in [0.25, 0.3) is 0 Å². The van der Waals surface area contributed by atoms with Crippen LogP contribution in [-0.4, -0.2) is 76.0 Å². The molecule has 0 aromatic carbocycles. The summed E-state index contributed by atoms with van der Waals surface area (Å²) in [5, 5.41) is 4.91. The molecule has 2 N–H and O–H groups in total. The zero-order valence-corrected chi connectivity index (χ0v) is 23.5. The number of methoxy groups -OCH3 is 2. The van der Waals surface area contributed by atoms with Crippen molar-refractivity contribution in [1.82, 2.24) is 20.6 Å². The molecule has 0 aliphatic carbocycles. The fourth-order valence-corrected chi connectivity index (χ4v) is 2.79. The second-order valence-electron chi connectivity index (χ2n) is 9.05. The van der Waals surface area contributed by atoms with E-state index in [1.54, 1.807) is 53.9 Å². The van der Waals surface area contributed by atoms with E-state index in [1.165, 1.54) is 20.5 Å². The highest BCUT2D eigenvalue weighted by Crippen LogP contribution is 2.09. The Labute approximate surface area is 219 Å². The van der Waals surface area contributed by atoms with Gasteiger partial charge < -0.3 is 29.6 Å². The van der Waals surface area contributed by atoms with Crippen LogP contribution >= 0.6 is 22.6 Å². The van der Waals surface area contributed by atoms with Crippen LogP contribution in [0.1, 0.15) is 47.1 Å². The third-order valence-corrected chi connectivity index (χ3v) is 4.44. The van der Waals surface area contributed by atoms with Crippen molar-refractivity contribution in [3.63, 3.8) is 0 Å². The summed E-state index contributed by atoms with van der Waals surface area (Å²) < 4.78 is 19.7. The van der Waals surface area contributed by atoms with E-state index < -0.39 is 47.4 Å². The van der Waals surface area contributed by atoms with Crippen LogP contribution in [0.2, 0.25) is 0 Å². The van der Waals surface area contributed by atoms with E-state index in [0.717, 1.165) is 0 Å². The van der Waals surface area contributed by atoms with E-state index in [4.69, 9.17) is 9.47 Å². The van der Waals surface area contributed by atoms with E-state index in [-0.39, 0.29) is 6.42 Å². The number of rotatable bonds is 7. The molecule has 0 saturated heterocycles. The summed E-state index contributed by atoms with van der Waals surface area (Å²) in [6, 6.07) is -1.51. The molecule has 0 bridgehead atoms. The third-order valence-electron chi connectivity index (χ3n) is 3.56. The summed E-state index contributed by atoms with van der Waals surface area (Å²) in [5.41, 5.74) is -0.504. The van der Waals surface area contributed by atoms with Crippen LogP contribution in [0.5, 0.6) is 0 Å². The molecule has 0 fully saturated rings. The van der Waals surface area contributed by atoms with Gasteiger partial charge in [0.05, 0.1) is 14.2 Å². The van der Waals surface area contributed by atoms with Crippen LogP contribution < -0.4 is 10.6 Å². The first-order valence-corrected chi connectivity index (χ1v) is 12.1. The summed E-state index contributed by atoms with van der Waals surface area (Å²) in [7, 11) is 2.53. The molecular weight excluding hydrogens is 575 g/mol. The maximum Gasteiger partial charge on any atom is 0.408 e. The standard InChI is InChI=1S/C13H19N3O4.C9H16INO4/c1-13(2,3)20-12(18)16-10(11(17)19-4)5-9-6-14-8-15-7-9;1-9(2,3)15-8(13)11-6(5-10)7(12)14-4/h6-8,10H,5H2,1-4H3,(H,16,18);6H,5H2,1-4H3,(H,11,13)/t10-;6-/m11/s1. The summed E-state index contributed by atoms with van der Waals surface area (Å²) >= 11 is 1.99. The molecule has 2 atom stereocenters. The first-order chi connectivity index (χ1) is 16.1. The average Bonchev–Trinajstić information content (AvgIpc) is 2.74. The van der Waals surface area contributed by atoms with Gasteiger partial charge >= 0.3 is 24.1 Å². The largest absolute Gasteiger partial charge is 0.467 e. The molecule has 2 amide bonds. The number of nitrogens with one attached hydrogen (secondary N) is 2. The molecule has 0 aliphatic rings. The molecular formula is C22H35IN4O8. The van der Waals surface area contributed by atoms with E-state index >= 15 is 0 Å². The van der Waals surface area contributed by atoms with Gasteiger partial charge in [-0.25, -0.2) is 29.1 Å². The van der Waals surface area contributed by atoms with Crippen molar-refractivity contribution in [1.29, 1.82) is 0 Å². The Morgan fingerprint density at radius 1 is 0.829 bits per heavy atom. The van der Waals surface area contributed by atoms with Gasteiger partial charge in [0.2, 0.25) is 0 Å². The molecule has 0 unspecified atom stereocenters. The van der Waals surface area contributed by atoms with Crippen LogP contribution in [0.25, 0.3) is 0 Å². The Bertz CT molecular complexity index is 825. The second kappa shape index (κ2) is 15.3. The summed E-state index contributed by atoms with van der Waals surface area (Å²) in [6.07, 6.45) is 3.46. The lowest BCUT2D eigenvalue weighted by molar-refractivity contribution is -0.143. The molecule has 1 heterocycles. The average molecular weight is 610 g/mol. The smallest absolute Gasteiger partial charge is 0.408 e. The van der Waals surface area contributed by atoms with Crippen molar-refractivity contribution in [2.45, 2.75) is 71.2 Å². The summed E-state index contributed by atoms with van der Waals surface area (Å²) in [4.78, 5) is 53.6. The van der Waals surface area contributed by atoms with Gasteiger partial charge in [-0.05, 0) is 47.1 Å². The number of amides is 2. The van der Waals surface area contributed by atoms with Gasteiger partial charge in [0.15, 0.2) is 0 Å². The minimum atomic E-state index is -0.846. The number of aromatic nitrogens is 2. The third kappa shape index (κ3) is 15.7. The van der Waals surface area contributed by atoms with Gasteiger partial charge in [-0.2, -0.15) is 0 Å². The number of nitrogens with zero attached hydrogens (tertiary/aromatic N) is 2. The van der Waals surface area contributed by atoms with E-state index in [0.29, 0.717) is 9.99 Å². The molecule has 198 valence electrons. The van der Waals surface area contributed by atoms with Crippen LogP contribution in [0.3, 0.4) is 0 Å². The fourth-order valence-electron chi connectivity index (χ4n) is 2.21. The molecule has 0 spiro atoms. The highest BCUT2D eigenvalue weighted by atomic mass is 127. The molecule has 0 saturated carbocycles. The van der Waals surface area contributed by atoms with Gasteiger partial charge in [-0.1, -0.05) is 22.6 Å². The van der Waals surface area contributed by atoms with E-state index in [2.05, 4.69) is 30.1 Å². The van der Waals surface area contributed by atoms with Crippen LogP contribution in [0, 0.1) is 0 Å². The topological polar surface area (TPSA) is 155 Å². The number of carbonyl (C=O) groups excluding carboxylic acids is 4. The lowest BCUT2D eigenvalue weighted by Gasteiger charge is -2.22. The predicted molar refractivity (Wildman–Crippen MR) is 135 cm³/mol. The zero-order chi connectivity index (χ0) is 27.2. The van der Waals surface area contributed by atoms with E-state index in [1.807, 2.05) is 22.6 Å². The lowest BCUT2D eigenvalue weighted by atomic mass is 10.1. The number of halogens is 1. The van der Waals surface area contributed by atoms with Gasteiger partial charge in [-0.3, -0.25) is 0 Å². The predicted octanol–water partition coefficient (Wildman–Crippen LogP) is 2.57. The SMILES string of the molecule is COC(=O)[C@@H](CI)NC(=O)OC(C)(C)C.COC(=O)[C@@H](Cc1cncnc1)NC(=O)OC(C)(C)C. The molecule has 12 nitrogen and oxygen atoms in total. The van der Waals surface area contributed by atoms with Crippen molar-refractivity contribution in [2.24, 2.45) is 0 Å². The maximum absolute atomic E-state index is 11.7. The van der Waals surface area contributed by atoms with Gasteiger partial charge in [0, 0.05) is 23.2 Å². The maximum atomic E-state index is 11.7. The molecule has 35 heavy (non-hydrogen) atoms. The van der Waals surface area contributed by atoms with Crippen molar-refractivity contribution in [2.75, 3.05) is 18.6 Å². The first-order valence-electron chi connectivity index (χ1n) is 10.6. The van der Waals surface area contributed by atoms with Crippen molar-refractivity contribution < 1.29 is 38.1 Å². The van der Waals surface area contributed by atoms with Crippen molar-refractivity contribution >= 4 is 46.7 Å². The minimum absolute atomic E-state index is 0.229. The Morgan fingerprint density at radius 3 is 1.60 bits per heavy atom. The van der Waals surface area contributed by atoms with Crippen LogP contribution in [0.4, 0.5) is 9.59 Å². The molecule has 1 rings (SSSR count). The minimum Gasteiger partial charge on any atom is -0.467 e. The van der Waals surface area contributed by atoms with Crippen molar-refractivity contribution in [3.05, 3.63) is 24.3 Å². The zero-order valence-electron chi connectivity index (χ0n) is 21.3. The van der Waals surface area contributed by atoms with E-state index in [9.17, 15) is 19.2 Å². The quantitative estimate of drug-likeness (QED) is 0.204. The van der Waals surface area contributed by atoms with Gasteiger partial charge in [-0.15, -0.1) is 0 Å². The molecule has 13 heteroatoms. The van der Waals surface area contributed by atoms with Crippen LogP contribution in [0.15, 0.2) is 18.7 Å². The Hall–Kier alpha value is -2.71. The number of hydrogen-bond donors (Lipinski definition) is 2. The molecule has 0 radical (unpaired) electrons. The summed E-state index contributed by atoms with van der Waals surface area (Å²) in [6.45, 7) is 10.5. The first kappa shape index (κ1) is 32.3. The Kier molecular flexibility index (Phi) is 14.1. The number of carbonyl (C=O) groups is 4.